The number of thiophene rings is 1. The van der Waals surface area contributed by atoms with E-state index in [4.69, 9.17) is 4.74 Å². The summed E-state index contributed by atoms with van der Waals surface area (Å²) in [5, 5.41) is 11.4. The van der Waals surface area contributed by atoms with Gasteiger partial charge in [-0.1, -0.05) is 12.1 Å². The van der Waals surface area contributed by atoms with Gasteiger partial charge in [-0.2, -0.15) is 4.31 Å². The molecular weight excluding hydrogens is 422 g/mol. The molecule has 1 saturated heterocycles. The first-order valence-electron chi connectivity index (χ1n) is 9.60. The molecule has 0 amide bonds. The van der Waals surface area contributed by atoms with Gasteiger partial charge in [-0.3, -0.25) is 4.98 Å². The van der Waals surface area contributed by atoms with Crippen LogP contribution in [0.25, 0.3) is 0 Å². The van der Waals surface area contributed by atoms with Crippen molar-refractivity contribution in [2.24, 2.45) is 0 Å². The predicted octanol–water partition coefficient (Wildman–Crippen LogP) is 2.95. The van der Waals surface area contributed by atoms with Crippen molar-refractivity contribution >= 4 is 27.0 Å². The predicted molar refractivity (Wildman–Crippen MR) is 116 cm³/mol. The highest BCUT2D eigenvalue weighted by molar-refractivity contribution is 7.91. The molecule has 1 aliphatic rings. The van der Waals surface area contributed by atoms with Crippen molar-refractivity contribution in [1.29, 1.82) is 0 Å². The number of piperazine rings is 1. The Labute approximate surface area is 180 Å². The third kappa shape index (κ3) is 4.65. The average molecular weight is 446 g/mol. The van der Waals surface area contributed by atoms with E-state index in [1.807, 2.05) is 24.3 Å². The van der Waals surface area contributed by atoms with Gasteiger partial charge >= 0.3 is 0 Å². The molecule has 0 saturated carbocycles. The highest BCUT2D eigenvalue weighted by Crippen LogP contribution is 2.27. The zero-order valence-corrected chi connectivity index (χ0v) is 17.9. The van der Waals surface area contributed by atoms with E-state index in [1.54, 1.807) is 42.0 Å². The van der Waals surface area contributed by atoms with Gasteiger partial charge in [0.05, 0.1) is 19.3 Å². The largest absolute Gasteiger partial charge is 0.508 e. The Hall–Kier alpha value is -2.46. The minimum Gasteiger partial charge on any atom is -0.508 e. The van der Waals surface area contributed by atoms with Crippen molar-refractivity contribution in [3.63, 3.8) is 0 Å². The molecule has 1 aromatic carbocycles. The second-order valence-electron chi connectivity index (χ2n) is 7.04. The molecule has 1 atom stereocenters. The second-order valence-corrected chi connectivity index (χ2v) is 10.1. The van der Waals surface area contributed by atoms with E-state index in [1.165, 1.54) is 15.6 Å². The molecule has 7 nitrogen and oxygen atoms in total. The van der Waals surface area contributed by atoms with Crippen LogP contribution in [-0.2, 0) is 21.4 Å². The van der Waals surface area contributed by atoms with Crippen LogP contribution in [0.5, 0.6) is 5.75 Å². The van der Waals surface area contributed by atoms with Gasteiger partial charge in [-0.15, -0.1) is 11.3 Å². The molecule has 1 fully saturated rings. The monoisotopic (exact) mass is 445 g/mol. The first-order valence-corrected chi connectivity index (χ1v) is 11.9. The molecule has 0 unspecified atom stereocenters. The van der Waals surface area contributed by atoms with E-state index in [-0.39, 0.29) is 11.8 Å². The summed E-state index contributed by atoms with van der Waals surface area (Å²) < 4.78 is 33.9. The second kappa shape index (κ2) is 9.13. The Balaban J connectivity index is 1.51. The number of rotatable bonds is 7. The van der Waals surface area contributed by atoms with Crippen LogP contribution in [0.4, 0.5) is 5.69 Å². The van der Waals surface area contributed by atoms with E-state index < -0.39 is 10.0 Å². The highest BCUT2D eigenvalue weighted by Gasteiger charge is 2.35. The maximum Gasteiger partial charge on any atom is 0.252 e. The van der Waals surface area contributed by atoms with Crippen molar-refractivity contribution < 1.29 is 18.3 Å². The number of aromatic nitrogens is 1. The van der Waals surface area contributed by atoms with Crippen LogP contribution in [0.15, 0.2) is 70.5 Å². The lowest BCUT2D eigenvalue weighted by Gasteiger charge is -2.41. The molecule has 0 bridgehead atoms. The molecule has 1 N–H and O–H groups in total. The molecule has 2 aromatic heterocycles. The summed E-state index contributed by atoms with van der Waals surface area (Å²) in [5.41, 5.74) is 1.89. The number of benzene rings is 1. The van der Waals surface area contributed by atoms with Crippen molar-refractivity contribution in [2.45, 2.75) is 16.9 Å². The lowest BCUT2D eigenvalue weighted by atomic mass is 10.1. The maximum atomic E-state index is 13.0. The number of nitrogens with zero attached hydrogens (tertiary/aromatic N) is 3. The third-order valence-corrected chi connectivity index (χ3v) is 8.26. The number of phenolic OH excluding ortho intramolecular Hbond substituents is 1. The standard InChI is InChI=1S/C21H23N3O4S2/c25-20-7-5-18(6-8-20)24-11-10-23(30(26,27)21-4-2-12-29-21)14-19(24)16-28-15-17-3-1-9-22-13-17/h1-9,12-13,19,25H,10-11,14-16H2/t19-/m0/s1. The lowest BCUT2D eigenvalue weighted by molar-refractivity contribution is 0.0947. The molecule has 9 heteroatoms. The first kappa shape index (κ1) is 20.8. The highest BCUT2D eigenvalue weighted by atomic mass is 32.2. The van der Waals surface area contributed by atoms with Crippen LogP contribution in [0.2, 0.25) is 0 Å². The summed E-state index contributed by atoms with van der Waals surface area (Å²) in [7, 11) is -3.52. The molecule has 158 valence electrons. The summed E-state index contributed by atoms with van der Waals surface area (Å²) in [6.07, 6.45) is 3.47. The van der Waals surface area contributed by atoms with E-state index in [2.05, 4.69) is 9.88 Å². The number of aromatic hydroxyl groups is 1. The van der Waals surface area contributed by atoms with E-state index in [9.17, 15) is 13.5 Å². The molecule has 4 rings (SSSR count). The van der Waals surface area contributed by atoms with Crippen molar-refractivity contribution in [3.05, 3.63) is 71.9 Å². The lowest BCUT2D eigenvalue weighted by Crippen LogP contribution is -2.56. The Bertz CT molecular complexity index is 1040. The third-order valence-electron chi connectivity index (χ3n) is 5.02. The summed E-state index contributed by atoms with van der Waals surface area (Å²) in [4.78, 5) is 6.24. The van der Waals surface area contributed by atoms with Gasteiger partial charge in [-0.05, 0) is 47.3 Å². The van der Waals surface area contributed by atoms with Gasteiger partial charge in [0.25, 0.3) is 10.0 Å². The van der Waals surface area contributed by atoms with Crippen LogP contribution < -0.4 is 4.90 Å². The molecule has 30 heavy (non-hydrogen) atoms. The number of anilines is 1. The van der Waals surface area contributed by atoms with Gasteiger partial charge in [0, 0.05) is 37.7 Å². The molecule has 0 aliphatic carbocycles. The SMILES string of the molecule is O=S(=O)(c1cccs1)N1CCN(c2ccc(O)cc2)[C@H](COCc2cccnc2)C1. The minimum absolute atomic E-state index is 0.158. The van der Waals surface area contributed by atoms with Gasteiger partial charge in [0.15, 0.2) is 0 Å². The number of sulfonamides is 1. The van der Waals surface area contributed by atoms with E-state index in [0.717, 1.165) is 11.3 Å². The van der Waals surface area contributed by atoms with Crippen molar-refractivity contribution in [2.75, 3.05) is 31.1 Å². The van der Waals surface area contributed by atoms with E-state index in [0.29, 0.717) is 37.1 Å². The fourth-order valence-corrected chi connectivity index (χ4v) is 6.12. The van der Waals surface area contributed by atoms with Crippen LogP contribution >= 0.6 is 11.3 Å². The minimum atomic E-state index is -3.52. The zero-order valence-electron chi connectivity index (χ0n) is 16.3. The number of hydrogen-bond acceptors (Lipinski definition) is 7. The van der Waals surface area contributed by atoms with Gasteiger partial charge in [0.1, 0.15) is 9.96 Å². The molecular formula is C21H23N3O4S2. The fourth-order valence-electron chi connectivity index (χ4n) is 3.51. The summed E-state index contributed by atoms with van der Waals surface area (Å²) >= 11 is 1.23. The number of hydrogen-bond donors (Lipinski definition) is 1. The number of phenols is 1. The summed E-state index contributed by atoms with van der Waals surface area (Å²) in [6.45, 7) is 2.03. The quantitative estimate of drug-likeness (QED) is 0.602. The molecule has 0 radical (unpaired) electrons. The zero-order chi connectivity index (χ0) is 21.0. The Morgan fingerprint density at radius 3 is 2.67 bits per heavy atom. The van der Waals surface area contributed by atoms with Crippen molar-refractivity contribution in [1.82, 2.24) is 9.29 Å². The van der Waals surface area contributed by atoms with Crippen molar-refractivity contribution in [3.8, 4) is 5.75 Å². The maximum absolute atomic E-state index is 13.0. The normalized spacial score (nSPS) is 17.9. The average Bonchev–Trinajstić information content (AvgIpc) is 3.31. The molecule has 0 spiro atoms. The van der Waals surface area contributed by atoms with E-state index >= 15 is 0 Å². The molecule has 3 aromatic rings. The molecule has 3 heterocycles. The number of pyridine rings is 1. The Morgan fingerprint density at radius 1 is 1.13 bits per heavy atom. The van der Waals surface area contributed by atoms with Gasteiger partial charge < -0.3 is 14.7 Å². The smallest absolute Gasteiger partial charge is 0.252 e. The topological polar surface area (TPSA) is 83.0 Å². The van der Waals surface area contributed by atoms with Crippen LogP contribution in [0, 0.1) is 0 Å². The van der Waals surface area contributed by atoms with Crippen LogP contribution in [0.1, 0.15) is 5.56 Å². The Morgan fingerprint density at radius 2 is 1.97 bits per heavy atom. The van der Waals surface area contributed by atoms with Gasteiger partial charge in [-0.25, -0.2) is 8.42 Å². The number of ether oxygens (including phenoxy) is 1. The summed E-state index contributed by atoms with van der Waals surface area (Å²) in [6, 6.07) is 14.0. The van der Waals surface area contributed by atoms with Crippen LogP contribution in [0.3, 0.4) is 0 Å². The Kier molecular flexibility index (Phi) is 6.33. The van der Waals surface area contributed by atoms with Crippen LogP contribution in [-0.4, -0.2) is 55.1 Å². The first-order chi connectivity index (χ1) is 14.5. The fraction of sp³-hybridized carbons (Fsp3) is 0.286. The summed E-state index contributed by atoms with van der Waals surface area (Å²) in [5.74, 6) is 0.196. The molecule has 1 aliphatic heterocycles. The van der Waals surface area contributed by atoms with Gasteiger partial charge in [0.2, 0.25) is 0 Å².